The minimum absolute atomic E-state index is 0.729. The van der Waals surface area contributed by atoms with Gasteiger partial charge in [0.1, 0.15) is 0 Å². The van der Waals surface area contributed by atoms with E-state index in [4.69, 9.17) is 0 Å². The van der Waals surface area contributed by atoms with Crippen LogP contribution >= 0.6 is 0 Å². The SMILES string of the molecule is C1CCC(N(C2CCCCC2)C2CCC3C(C2)C2CCCCC2N3C2CCC(C3CCC(C4NCCNC4C4CCC(C5CCC(N6C7CCCCC7C7CC(N(C8CCCCC8)C8CCCCC8)CCC76)CC5)CC4)CC3)CC2)CC1. The molecule has 6 heteroatoms. The summed E-state index contributed by atoms with van der Waals surface area (Å²) in [5.74, 6) is 9.96. The van der Waals surface area contributed by atoms with Gasteiger partial charge in [0.2, 0.25) is 0 Å². The van der Waals surface area contributed by atoms with Crippen molar-refractivity contribution in [2.24, 2.45) is 59.2 Å². The minimum Gasteiger partial charge on any atom is -0.311 e. The monoisotopic (exact) mass is 1130 g/mol. The van der Waals surface area contributed by atoms with E-state index < -0.39 is 0 Å². The van der Waals surface area contributed by atoms with Gasteiger partial charge in [-0.2, -0.15) is 0 Å². The molecule has 0 radical (unpaired) electrons. The molecule has 0 bridgehead atoms. The Morgan fingerprint density at radius 3 is 0.841 bits per heavy atom. The summed E-state index contributed by atoms with van der Waals surface area (Å²) in [5.41, 5.74) is 0. The molecule has 6 nitrogen and oxygen atoms in total. The molecule has 3 saturated heterocycles. The fourth-order valence-corrected chi connectivity index (χ4v) is 26.8. The summed E-state index contributed by atoms with van der Waals surface area (Å²) in [6, 6.07) is 12.5. The van der Waals surface area contributed by atoms with Gasteiger partial charge in [-0.1, -0.05) is 103 Å². The standard InChI is InChI=1S/C76H130N6/c1-5-17-59(18-6-1)79(60-19-7-2-8-20-60)65-45-47-73-69(51-65)67-25-13-15-27-71(67)81(73)63-41-37-55(38-42-63)53-29-33-57(34-30-53)75-76(78-50-49-77-75)58-35-31-54(32-36-58)56-39-43-64(44-40-56)82-72-28-16-14-26-68(72)70-52-66(46-48-74(70)82)80(61-21-9-3-10-22-61)62-23-11-4-12-24-62/h53-78H,1-52H2. The molecule has 15 fully saturated rings. The summed E-state index contributed by atoms with van der Waals surface area (Å²) in [7, 11) is 0. The molecule has 3 heterocycles. The highest BCUT2D eigenvalue weighted by atomic mass is 15.3. The van der Waals surface area contributed by atoms with Crippen molar-refractivity contribution in [1.29, 1.82) is 0 Å². The van der Waals surface area contributed by atoms with E-state index in [2.05, 4.69) is 30.2 Å². The van der Waals surface area contributed by atoms with E-state index in [0.717, 1.165) is 144 Å². The number of rotatable bonds is 12. The van der Waals surface area contributed by atoms with Gasteiger partial charge in [0.25, 0.3) is 0 Å². The summed E-state index contributed by atoms with van der Waals surface area (Å²) >= 11 is 0. The molecular weight excluding hydrogens is 997 g/mol. The van der Waals surface area contributed by atoms with Crippen molar-refractivity contribution in [3.63, 3.8) is 0 Å². The summed E-state index contributed by atoms with van der Waals surface area (Å²) in [4.78, 5) is 13.3. The fourth-order valence-electron chi connectivity index (χ4n) is 26.8. The van der Waals surface area contributed by atoms with Crippen LogP contribution < -0.4 is 10.6 Å². The van der Waals surface area contributed by atoms with Gasteiger partial charge in [0.05, 0.1) is 0 Å². The van der Waals surface area contributed by atoms with Crippen molar-refractivity contribution in [2.75, 3.05) is 13.1 Å². The Morgan fingerprint density at radius 1 is 0.220 bits per heavy atom. The van der Waals surface area contributed by atoms with Crippen molar-refractivity contribution in [2.45, 2.75) is 406 Å². The predicted molar refractivity (Wildman–Crippen MR) is 342 cm³/mol. The maximum atomic E-state index is 4.26. The zero-order valence-corrected chi connectivity index (χ0v) is 53.4. The van der Waals surface area contributed by atoms with Crippen LogP contribution in [-0.4, -0.2) is 117 Å². The molecule has 15 rings (SSSR count). The van der Waals surface area contributed by atoms with Crippen molar-refractivity contribution in [3.8, 4) is 0 Å². The van der Waals surface area contributed by atoms with E-state index in [1.165, 1.54) is 257 Å². The van der Waals surface area contributed by atoms with Crippen LogP contribution in [0.5, 0.6) is 0 Å². The molecule has 0 aromatic rings. The predicted octanol–water partition coefficient (Wildman–Crippen LogP) is 17.4. The maximum absolute atomic E-state index is 4.26. The Kier molecular flexibility index (Phi) is 19.2. The van der Waals surface area contributed by atoms with E-state index in [1.807, 2.05) is 0 Å². The van der Waals surface area contributed by atoms with Crippen molar-refractivity contribution < 1.29 is 0 Å². The second kappa shape index (κ2) is 27.1. The Labute approximate surface area is 505 Å². The molecule has 464 valence electrons. The van der Waals surface area contributed by atoms with Gasteiger partial charge >= 0.3 is 0 Å². The molecule has 12 unspecified atom stereocenters. The third kappa shape index (κ3) is 12.0. The highest BCUT2D eigenvalue weighted by Gasteiger charge is 2.57. The largest absolute Gasteiger partial charge is 0.311 e. The van der Waals surface area contributed by atoms with Gasteiger partial charge in [-0.05, 0) is 277 Å². The molecule has 0 aromatic heterocycles. The van der Waals surface area contributed by atoms with Crippen LogP contribution in [0, 0.1) is 59.2 Å². The first-order chi connectivity index (χ1) is 40.7. The first-order valence-electron chi connectivity index (χ1n) is 39.2. The van der Waals surface area contributed by atoms with Crippen LogP contribution in [0.4, 0.5) is 0 Å². The number of nitrogens with one attached hydrogen (secondary N) is 2. The summed E-state index contributed by atoms with van der Waals surface area (Å²) in [6.07, 6.45) is 76.4. The first kappa shape index (κ1) is 58.2. The highest BCUT2D eigenvalue weighted by molar-refractivity contribution is 5.11. The van der Waals surface area contributed by atoms with Crippen LogP contribution in [0.2, 0.25) is 0 Å². The van der Waals surface area contributed by atoms with E-state index in [9.17, 15) is 0 Å². The lowest BCUT2D eigenvalue weighted by molar-refractivity contribution is -0.00880. The molecule has 0 amide bonds. The van der Waals surface area contributed by atoms with Gasteiger partial charge in [-0.15, -0.1) is 0 Å². The minimum atomic E-state index is 0.729. The Balaban J connectivity index is 0.515. The zero-order chi connectivity index (χ0) is 54.3. The number of nitrogens with zero attached hydrogens (tertiary/aromatic N) is 4. The van der Waals surface area contributed by atoms with E-state index in [0.29, 0.717) is 0 Å². The van der Waals surface area contributed by atoms with E-state index in [-0.39, 0.29) is 0 Å². The van der Waals surface area contributed by atoms with Gasteiger partial charge in [-0.25, -0.2) is 0 Å². The summed E-state index contributed by atoms with van der Waals surface area (Å²) in [6.45, 7) is 2.40. The van der Waals surface area contributed by atoms with Crippen LogP contribution in [0.1, 0.15) is 321 Å². The molecule has 12 saturated carbocycles. The maximum Gasteiger partial charge on any atom is 0.0252 e. The number of fused-ring (bicyclic) bond motifs is 6. The van der Waals surface area contributed by atoms with E-state index >= 15 is 0 Å². The number of likely N-dealkylation sites (tertiary alicyclic amines) is 2. The molecule has 12 aliphatic carbocycles. The third-order valence-corrected chi connectivity index (χ3v) is 30.3. The van der Waals surface area contributed by atoms with Gasteiger partial charge < -0.3 is 10.6 Å². The fraction of sp³-hybridized carbons (Fsp3) is 1.00. The van der Waals surface area contributed by atoms with Crippen molar-refractivity contribution >= 4 is 0 Å². The second-order valence-corrected chi connectivity index (χ2v) is 33.8. The molecule has 15 aliphatic rings. The highest BCUT2D eigenvalue weighted by Crippen LogP contribution is 2.56. The van der Waals surface area contributed by atoms with Gasteiger partial charge in [0, 0.05) is 97.7 Å². The molecule has 3 aliphatic heterocycles. The summed E-state index contributed by atoms with van der Waals surface area (Å²) in [5, 5.41) is 8.52. The smallest absolute Gasteiger partial charge is 0.0252 e. The topological polar surface area (TPSA) is 37.0 Å². The van der Waals surface area contributed by atoms with Crippen molar-refractivity contribution in [3.05, 3.63) is 0 Å². The first-order valence-corrected chi connectivity index (χ1v) is 39.2. The van der Waals surface area contributed by atoms with E-state index in [1.54, 1.807) is 77.0 Å². The Hall–Kier alpha value is -0.240. The molecule has 2 N–H and O–H groups in total. The van der Waals surface area contributed by atoms with Crippen LogP contribution in [0.25, 0.3) is 0 Å². The lowest BCUT2D eigenvalue weighted by Crippen LogP contribution is -2.62. The lowest BCUT2D eigenvalue weighted by Gasteiger charge is -2.51. The normalized spacial score (nSPS) is 46.8. The van der Waals surface area contributed by atoms with Crippen molar-refractivity contribution in [1.82, 2.24) is 30.2 Å². The number of piperazine rings is 1. The summed E-state index contributed by atoms with van der Waals surface area (Å²) < 4.78 is 0. The molecule has 0 spiro atoms. The zero-order valence-electron chi connectivity index (χ0n) is 53.4. The molecule has 12 atom stereocenters. The molecule has 82 heavy (non-hydrogen) atoms. The van der Waals surface area contributed by atoms with Gasteiger partial charge in [0.15, 0.2) is 0 Å². The number of hydrogen-bond donors (Lipinski definition) is 2. The Bertz CT molecular complexity index is 1760. The van der Waals surface area contributed by atoms with Crippen LogP contribution in [0.3, 0.4) is 0 Å². The Morgan fingerprint density at radius 2 is 0.500 bits per heavy atom. The van der Waals surface area contributed by atoms with Crippen LogP contribution in [0.15, 0.2) is 0 Å². The van der Waals surface area contributed by atoms with Gasteiger partial charge in [-0.3, -0.25) is 19.6 Å². The quantitative estimate of drug-likeness (QED) is 0.203. The molecule has 0 aromatic carbocycles. The average Bonchev–Trinajstić information content (AvgIpc) is 4.24. The lowest BCUT2D eigenvalue weighted by atomic mass is 9.65. The second-order valence-electron chi connectivity index (χ2n) is 33.8. The van der Waals surface area contributed by atoms with Crippen LogP contribution in [-0.2, 0) is 0 Å². The molecular formula is C76H130N6. The third-order valence-electron chi connectivity index (χ3n) is 30.3. The average molecular weight is 1130 g/mol. The number of hydrogen-bond acceptors (Lipinski definition) is 6.